The van der Waals surface area contributed by atoms with E-state index in [0.29, 0.717) is 40.4 Å². The van der Waals surface area contributed by atoms with Gasteiger partial charge in [-0.05, 0) is 82.1 Å². The van der Waals surface area contributed by atoms with Crippen molar-refractivity contribution in [2.24, 2.45) is 17.6 Å². The third kappa shape index (κ3) is 13.8. The van der Waals surface area contributed by atoms with E-state index >= 15 is 14.4 Å². The second-order valence-electron chi connectivity index (χ2n) is 19.1. The minimum atomic E-state index is -1.72. The Labute approximate surface area is 399 Å². The van der Waals surface area contributed by atoms with Crippen LogP contribution in [0.25, 0.3) is 16.7 Å². The van der Waals surface area contributed by atoms with E-state index in [0.717, 1.165) is 49.2 Å². The second kappa shape index (κ2) is 22.8. The van der Waals surface area contributed by atoms with Crippen molar-refractivity contribution in [1.29, 1.82) is 0 Å². The van der Waals surface area contributed by atoms with Gasteiger partial charge in [0, 0.05) is 18.7 Å². The number of nitrogens with one attached hydrogen (secondary N) is 2. The number of benzene rings is 3. The van der Waals surface area contributed by atoms with E-state index in [1.165, 1.54) is 23.2 Å². The summed E-state index contributed by atoms with van der Waals surface area (Å²) in [7, 11) is 0. The molecule has 69 heavy (non-hydrogen) atoms. The van der Waals surface area contributed by atoms with Gasteiger partial charge in [0.2, 0.25) is 5.91 Å². The van der Waals surface area contributed by atoms with E-state index in [1.54, 1.807) is 69.3 Å². The Kier molecular flexibility index (Phi) is 17.0. The van der Waals surface area contributed by atoms with Gasteiger partial charge in [-0.3, -0.25) is 39.2 Å². The molecule has 1 aliphatic rings. The zero-order valence-electron chi connectivity index (χ0n) is 39.7. The van der Waals surface area contributed by atoms with E-state index in [4.69, 9.17) is 15.5 Å². The van der Waals surface area contributed by atoms with Crippen LogP contribution < -0.4 is 11.1 Å². The molecule has 20 nitrogen and oxygen atoms in total. The number of aromatic amines is 1. The van der Waals surface area contributed by atoms with Crippen LogP contribution in [0.1, 0.15) is 116 Å². The van der Waals surface area contributed by atoms with Crippen molar-refractivity contribution in [3.8, 4) is 5.69 Å². The van der Waals surface area contributed by atoms with Gasteiger partial charge in [-0.2, -0.15) is 5.01 Å². The van der Waals surface area contributed by atoms with Crippen LogP contribution in [0.2, 0.25) is 0 Å². The molecule has 20 heteroatoms. The summed E-state index contributed by atoms with van der Waals surface area (Å²) in [6.45, 7) is 8.66. The van der Waals surface area contributed by atoms with Gasteiger partial charge in [0.1, 0.15) is 29.2 Å². The molecule has 368 valence electrons. The highest BCUT2D eigenvalue weighted by atomic mass is 16.6. The highest BCUT2D eigenvalue weighted by Crippen LogP contribution is 2.34. The smallest absolute Gasteiger partial charge is 0.408 e. The number of ether oxygens (including phenoxy) is 1. The lowest BCUT2D eigenvalue weighted by molar-refractivity contribution is -0.394. The van der Waals surface area contributed by atoms with Crippen LogP contribution in [-0.2, 0) is 32.0 Å². The molecule has 0 unspecified atom stereocenters. The van der Waals surface area contributed by atoms with Crippen molar-refractivity contribution in [2.45, 2.75) is 135 Å². The normalized spacial score (nSPS) is 15.0. The fourth-order valence-corrected chi connectivity index (χ4v) is 8.66. The number of aliphatic hydroxyl groups is 1. The van der Waals surface area contributed by atoms with Crippen LogP contribution in [0, 0.1) is 32.1 Å². The average Bonchev–Trinajstić information content (AvgIpc) is 3.96. The van der Waals surface area contributed by atoms with Gasteiger partial charge in [0.25, 0.3) is 23.2 Å². The zero-order chi connectivity index (χ0) is 50.0. The quantitative estimate of drug-likeness (QED) is 0.0460. The van der Waals surface area contributed by atoms with Gasteiger partial charge in [-0.25, -0.2) is 19.8 Å². The first-order chi connectivity index (χ1) is 32.8. The Morgan fingerprint density at radius 2 is 1.65 bits per heavy atom. The highest BCUT2D eigenvalue weighted by Gasteiger charge is 2.44. The molecule has 0 aliphatic heterocycles. The van der Waals surface area contributed by atoms with Gasteiger partial charge in [0.05, 0.1) is 57.5 Å². The number of rotatable bonds is 19. The highest BCUT2D eigenvalue weighted by molar-refractivity contribution is 6.02. The van der Waals surface area contributed by atoms with Crippen molar-refractivity contribution < 1.29 is 38.9 Å². The fraction of sp³-hybridized carbons (Fsp3) is 0.469. The third-order valence-corrected chi connectivity index (χ3v) is 11.9. The molecule has 2 aromatic heterocycles. The summed E-state index contributed by atoms with van der Waals surface area (Å²) in [4.78, 5) is 94.6. The Hall–Kier alpha value is -7.06. The Balaban J connectivity index is 1.48. The van der Waals surface area contributed by atoms with Gasteiger partial charge in [-0.15, -0.1) is 0 Å². The number of imide groups is 1. The summed E-state index contributed by atoms with van der Waals surface area (Å²) in [6.07, 6.45) is 5.89. The number of carbonyl (C=O) groups excluding carboxylic acids is 4. The van der Waals surface area contributed by atoms with E-state index in [1.807, 2.05) is 19.9 Å². The number of hydrazine groups is 1. The molecule has 5 aromatic rings. The topological polar surface area (TPSA) is 275 Å². The number of nitrogens with zero attached hydrogens (tertiary/aromatic N) is 7. The lowest BCUT2D eigenvalue weighted by Gasteiger charge is -2.41. The molecule has 5 N–H and O–H groups in total. The molecule has 0 radical (unpaired) electrons. The molecule has 1 saturated carbocycles. The maximum atomic E-state index is 15.7. The van der Waals surface area contributed by atoms with Crippen LogP contribution in [0.4, 0.5) is 16.2 Å². The standard InChI is InChI=1S/C49H62N10O10/c1-31(2)24-43(45-52-38-18-12-13-19-39(38)53-45)56(44(61)28-36(60)22-20-32-14-8-6-9-15-32)57(46(62)37(50)25-33-16-10-7-11-17-33)47(63)40(54-48(64)69-49(3,4)5)26-34-29-55(30-51-34)41-23-21-35(58(65)66)27-42(41)59(67)68/h7,10-13,16-19,21,23,27,29-32,36-37,40,43,60H,6,8-9,14-15,20,22,24-26,28,50H2,1-5H3,(H,52,53)(H,54,64)/t36-,37-,40-,43-/m0/s1. The number of nitrogens with two attached hydrogens (primary N) is 1. The van der Waals surface area contributed by atoms with Crippen LogP contribution in [-0.4, -0.2) is 92.1 Å². The molecule has 1 aliphatic carbocycles. The molecule has 0 bridgehead atoms. The summed E-state index contributed by atoms with van der Waals surface area (Å²) in [6, 6.07) is 14.8. The van der Waals surface area contributed by atoms with Gasteiger partial charge in [-0.1, -0.05) is 88.4 Å². The van der Waals surface area contributed by atoms with Crippen LogP contribution in [0.3, 0.4) is 0 Å². The number of hydrogen-bond acceptors (Lipinski definition) is 13. The molecule has 4 atom stereocenters. The number of hydrogen-bond donors (Lipinski definition) is 4. The number of aromatic nitrogens is 4. The molecular weight excluding hydrogens is 889 g/mol. The molecule has 2 heterocycles. The van der Waals surface area contributed by atoms with E-state index in [2.05, 4.69) is 15.3 Å². The number of amides is 4. The molecule has 0 saturated heterocycles. The van der Waals surface area contributed by atoms with Crippen molar-refractivity contribution in [3.63, 3.8) is 0 Å². The minimum absolute atomic E-state index is 0.0580. The Bertz CT molecular complexity index is 2570. The van der Waals surface area contributed by atoms with E-state index in [-0.39, 0.29) is 36.0 Å². The molecule has 3 aromatic carbocycles. The molecule has 1 fully saturated rings. The predicted octanol–water partition coefficient (Wildman–Crippen LogP) is 7.57. The summed E-state index contributed by atoms with van der Waals surface area (Å²) in [5, 5.41) is 39.5. The SMILES string of the molecule is CC(C)C[C@@H](c1nc2ccccc2[nH]1)N(C(=O)C[C@@H](O)CCC1CCCCC1)N(C(=O)[C@H](Cc1cn(-c2ccc([N+](=O)[O-])cc2[N+](=O)[O-])cn1)NC(=O)OC(C)(C)C)C(=O)[C@@H](N)Cc1ccccc1. The number of non-ortho nitro benzene ring substituents is 1. The monoisotopic (exact) mass is 950 g/mol. The lowest BCUT2D eigenvalue weighted by Crippen LogP contribution is -2.63. The second-order valence-corrected chi connectivity index (χ2v) is 19.1. The lowest BCUT2D eigenvalue weighted by atomic mass is 9.85. The third-order valence-electron chi connectivity index (χ3n) is 11.9. The van der Waals surface area contributed by atoms with Crippen molar-refractivity contribution >= 4 is 46.2 Å². The fourth-order valence-electron chi connectivity index (χ4n) is 8.66. The van der Waals surface area contributed by atoms with Crippen molar-refractivity contribution in [2.75, 3.05) is 0 Å². The van der Waals surface area contributed by atoms with Gasteiger partial charge < -0.3 is 25.9 Å². The number of imidazole rings is 2. The van der Waals surface area contributed by atoms with E-state index < -0.39 is 87.7 Å². The number of nitro benzene ring substituents is 2. The summed E-state index contributed by atoms with van der Waals surface area (Å²) in [5.74, 6) is -2.41. The first kappa shape index (κ1) is 51.3. The summed E-state index contributed by atoms with van der Waals surface area (Å²) >= 11 is 0. The number of carbonyl (C=O) groups is 4. The van der Waals surface area contributed by atoms with Crippen molar-refractivity contribution in [1.82, 2.24) is 34.9 Å². The predicted molar refractivity (Wildman–Crippen MR) is 255 cm³/mol. The number of para-hydroxylation sites is 2. The van der Waals surface area contributed by atoms with Gasteiger partial charge in [0.15, 0.2) is 0 Å². The molecule has 6 rings (SSSR count). The Morgan fingerprint density at radius 3 is 2.30 bits per heavy atom. The minimum Gasteiger partial charge on any atom is -0.444 e. The van der Waals surface area contributed by atoms with Gasteiger partial charge >= 0.3 is 6.09 Å². The summed E-state index contributed by atoms with van der Waals surface area (Å²) < 4.78 is 6.83. The first-order valence-electron chi connectivity index (χ1n) is 23.4. The average molecular weight is 951 g/mol. The van der Waals surface area contributed by atoms with Crippen LogP contribution in [0.15, 0.2) is 85.3 Å². The summed E-state index contributed by atoms with van der Waals surface area (Å²) in [5.41, 5.74) is 6.41. The van der Waals surface area contributed by atoms with Crippen LogP contribution in [0.5, 0.6) is 0 Å². The first-order valence-corrected chi connectivity index (χ1v) is 23.4. The number of nitro groups is 2. The molecule has 4 amide bonds. The van der Waals surface area contributed by atoms with Crippen molar-refractivity contribution in [3.05, 3.63) is 123 Å². The van der Waals surface area contributed by atoms with Crippen LogP contribution >= 0.6 is 0 Å². The number of H-pyrrole nitrogens is 1. The Morgan fingerprint density at radius 1 is 0.957 bits per heavy atom. The number of aliphatic hydroxyl groups excluding tert-OH is 1. The molecular formula is C49H62N10O10. The zero-order valence-corrected chi connectivity index (χ0v) is 39.7. The maximum absolute atomic E-state index is 15.7. The number of alkyl carbamates (subject to hydrolysis) is 1. The number of fused-ring (bicyclic) bond motifs is 1. The largest absolute Gasteiger partial charge is 0.444 e. The maximum Gasteiger partial charge on any atom is 0.408 e. The molecule has 0 spiro atoms. The van der Waals surface area contributed by atoms with E-state index in [9.17, 15) is 30.1 Å².